The Hall–Kier alpha value is -2.21. The number of carbonyl (C=O) groups excluding carboxylic acids is 1. The number of carbonyl (C=O) groups is 1. The van der Waals surface area contributed by atoms with Crippen LogP contribution in [0.4, 0.5) is 0 Å². The van der Waals surface area contributed by atoms with Crippen molar-refractivity contribution in [1.82, 2.24) is 20.1 Å². The van der Waals surface area contributed by atoms with Gasteiger partial charge in [-0.15, -0.1) is 0 Å². The Morgan fingerprint density at radius 2 is 2.15 bits per heavy atom. The first-order valence-electron chi connectivity index (χ1n) is 6.07. The van der Waals surface area contributed by atoms with Crippen LogP contribution in [0.1, 0.15) is 6.92 Å². The molecular weight excluding hydrogens is 280 g/mol. The SMILES string of the molecule is CCNC(=O)Cn1nc(-c2ccc(Cl)nc2)ccc1=O. The highest BCUT2D eigenvalue weighted by Crippen LogP contribution is 2.15. The van der Waals surface area contributed by atoms with Gasteiger partial charge in [-0.25, -0.2) is 9.67 Å². The fourth-order valence-electron chi connectivity index (χ4n) is 1.63. The van der Waals surface area contributed by atoms with Crippen LogP contribution in [-0.2, 0) is 11.3 Å². The molecule has 2 aromatic heterocycles. The fraction of sp³-hybridized carbons (Fsp3) is 0.231. The van der Waals surface area contributed by atoms with Crippen molar-refractivity contribution in [3.63, 3.8) is 0 Å². The monoisotopic (exact) mass is 292 g/mol. The molecule has 0 unspecified atom stereocenters. The highest BCUT2D eigenvalue weighted by molar-refractivity contribution is 6.29. The van der Waals surface area contributed by atoms with Crippen LogP contribution >= 0.6 is 11.6 Å². The maximum absolute atomic E-state index is 11.7. The molecule has 104 valence electrons. The van der Waals surface area contributed by atoms with E-state index in [-0.39, 0.29) is 18.0 Å². The lowest BCUT2D eigenvalue weighted by Crippen LogP contribution is -2.33. The molecule has 0 aromatic carbocycles. The topological polar surface area (TPSA) is 76.9 Å². The number of halogens is 1. The van der Waals surface area contributed by atoms with Gasteiger partial charge in [0.25, 0.3) is 5.56 Å². The second-order valence-corrected chi connectivity index (χ2v) is 4.42. The summed E-state index contributed by atoms with van der Waals surface area (Å²) < 4.78 is 1.12. The first kappa shape index (κ1) is 14.2. The number of rotatable bonds is 4. The Morgan fingerprint density at radius 3 is 2.80 bits per heavy atom. The van der Waals surface area contributed by atoms with E-state index < -0.39 is 0 Å². The molecule has 0 fully saturated rings. The van der Waals surface area contributed by atoms with E-state index in [9.17, 15) is 9.59 Å². The predicted molar refractivity (Wildman–Crippen MR) is 75.4 cm³/mol. The summed E-state index contributed by atoms with van der Waals surface area (Å²) in [6, 6.07) is 6.34. The summed E-state index contributed by atoms with van der Waals surface area (Å²) in [5.74, 6) is -0.256. The second-order valence-electron chi connectivity index (χ2n) is 4.04. The molecule has 0 spiro atoms. The minimum absolute atomic E-state index is 0.110. The van der Waals surface area contributed by atoms with E-state index in [1.807, 2.05) is 6.92 Å². The third-order valence-electron chi connectivity index (χ3n) is 2.56. The normalized spacial score (nSPS) is 10.3. The van der Waals surface area contributed by atoms with Crippen molar-refractivity contribution in [2.75, 3.05) is 6.54 Å². The number of amides is 1. The van der Waals surface area contributed by atoms with Gasteiger partial charge >= 0.3 is 0 Å². The molecule has 2 heterocycles. The van der Waals surface area contributed by atoms with Crippen LogP contribution in [0.15, 0.2) is 35.3 Å². The van der Waals surface area contributed by atoms with Gasteiger partial charge in [-0.3, -0.25) is 9.59 Å². The highest BCUT2D eigenvalue weighted by atomic mass is 35.5. The largest absolute Gasteiger partial charge is 0.355 e. The van der Waals surface area contributed by atoms with Crippen LogP contribution in [0.3, 0.4) is 0 Å². The van der Waals surface area contributed by atoms with Gasteiger partial charge in [-0.2, -0.15) is 5.10 Å². The molecule has 0 aliphatic heterocycles. The van der Waals surface area contributed by atoms with E-state index >= 15 is 0 Å². The summed E-state index contributed by atoms with van der Waals surface area (Å²) >= 11 is 5.72. The lowest BCUT2D eigenvalue weighted by molar-refractivity contribution is -0.121. The molecule has 7 heteroatoms. The maximum atomic E-state index is 11.7. The molecule has 1 N–H and O–H groups in total. The number of hydrogen-bond acceptors (Lipinski definition) is 4. The molecule has 0 bridgehead atoms. The van der Waals surface area contributed by atoms with Gasteiger partial charge in [-0.05, 0) is 25.1 Å². The minimum Gasteiger partial charge on any atom is -0.355 e. The number of pyridine rings is 1. The molecule has 0 saturated heterocycles. The van der Waals surface area contributed by atoms with Gasteiger partial charge in [0, 0.05) is 24.4 Å². The van der Waals surface area contributed by atoms with Crippen molar-refractivity contribution >= 4 is 17.5 Å². The minimum atomic E-state index is -0.332. The molecular formula is C13H13ClN4O2. The smallest absolute Gasteiger partial charge is 0.267 e. The first-order valence-corrected chi connectivity index (χ1v) is 6.44. The number of likely N-dealkylation sites (N-methyl/N-ethyl adjacent to an activating group) is 1. The summed E-state index contributed by atoms with van der Waals surface area (Å²) in [7, 11) is 0. The zero-order chi connectivity index (χ0) is 14.5. The number of hydrogen-bond donors (Lipinski definition) is 1. The molecule has 20 heavy (non-hydrogen) atoms. The maximum Gasteiger partial charge on any atom is 0.267 e. The van der Waals surface area contributed by atoms with Crippen LogP contribution in [0.2, 0.25) is 5.15 Å². The van der Waals surface area contributed by atoms with Crippen molar-refractivity contribution in [3.05, 3.63) is 46.0 Å². The highest BCUT2D eigenvalue weighted by Gasteiger charge is 2.07. The number of nitrogens with one attached hydrogen (secondary N) is 1. The second kappa shape index (κ2) is 6.29. The Bertz CT molecular complexity index is 667. The van der Waals surface area contributed by atoms with E-state index in [0.29, 0.717) is 17.4 Å². The van der Waals surface area contributed by atoms with Gasteiger partial charge in [0.15, 0.2) is 0 Å². The van der Waals surface area contributed by atoms with E-state index in [2.05, 4.69) is 15.4 Å². The third kappa shape index (κ3) is 3.42. The molecule has 2 rings (SSSR count). The standard InChI is InChI=1S/C13H13ClN4O2/c1-2-15-12(19)8-18-13(20)6-4-10(17-18)9-3-5-11(14)16-7-9/h3-7H,2,8H2,1H3,(H,15,19). The van der Waals surface area contributed by atoms with Crippen molar-refractivity contribution in [3.8, 4) is 11.3 Å². The van der Waals surface area contributed by atoms with E-state index in [1.165, 1.54) is 6.07 Å². The van der Waals surface area contributed by atoms with E-state index in [4.69, 9.17) is 11.6 Å². The number of aromatic nitrogens is 3. The van der Waals surface area contributed by atoms with E-state index in [0.717, 1.165) is 10.2 Å². The van der Waals surface area contributed by atoms with Gasteiger partial charge in [0.05, 0.1) is 5.69 Å². The van der Waals surface area contributed by atoms with Crippen LogP contribution in [-0.4, -0.2) is 27.2 Å². The molecule has 0 atom stereocenters. The summed E-state index contributed by atoms with van der Waals surface area (Å²) in [6.45, 7) is 2.21. The Balaban J connectivity index is 2.31. The summed E-state index contributed by atoms with van der Waals surface area (Å²) in [6.07, 6.45) is 1.56. The number of nitrogens with zero attached hydrogens (tertiary/aromatic N) is 3. The lowest BCUT2D eigenvalue weighted by atomic mass is 10.2. The Labute approximate surface area is 120 Å². The van der Waals surface area contributed by atoms with Gasteiger partial charge in [0.2, 0.25) is 5.91 Å². The van der Waals surface area contributed by atoms with Crippen LogP contribution in [0.5, 0.6) is 0 Å². The van der Waals surface area contributed by atoms with Crippen molar-refractivity contribution in [1.29, 1.82) is 0 Å². The molecule has 6 nitrogen and oxygen atoms in total. The van der Waals surface area contributed by atoms with Crippen LogP contribution in [0.25, 0.3) is 11.3 Å². The van der Waals surface area contributed by atoms with Crippen LogP contribution in [0, 0.1) is 0 Å². The van der Waals surface area contributed by atoms with Crippen LogP contribution < -0.4 is 10.9 Å². The van der Waals surface area contributed by atoms with E-state index in [1.54, 1.807) is 24.4 Å². The molecule has 0 saturated carbocycles. The fourth-order valence-corrected chi connectivity index (χ4v) is 1.74. The van der Waals surface area contributed by atoms with Gasteiger partial charge in [0.1, 0.15) is 11.7 Å². The van der Waals surface area contributed by atoms with Crippen molar-refractivity contribution in [2.24, 2.45) is 0 Å². The average molecular weight is 293 g/mol. The third-order valence-corrected chi connectivity index (χ3v) is 2.78. The zero-order valence-electron chi connectivity index (χ0n) is 10.8. The molecule has 0 aliphatic carbocycles. The average Bonchev–Trinajstić information content (AvgIpc) is 2.42. The van der Waals surface area contributed by atoms with Gasteiger partial charge in [-0.1, -0.05) is 11.6 Å². The molecule has 2 aromatic rings. The quantitative estimate of drug-likeness (QED) is 0.856. The molecule has 0 radical (unpaired) electrons. The summed E-state index contributed by atoms with van der Waals surface area (Å²) in [5, 5.41) is 7.15. The van der Waals surface area contributed by atoms with Crippen molar-refractivity contribution < 1.29 is 4.79 Å². The van der Waals surface area contributed by atoms with Gasteiger partial charge < -0.3 is 5.32 Å². The zero-order valence-corrected chi connectivity index (χ0v) is 11.6. The summed E-state index contributed by atoms with van der Waals surface area (Å²) in [4.78, 5) is 27.2. The molecule has 1 amide bonds. The Kier molecular flexibility index (Phi) is 4.47. The predicted octanol–water partition coefficient (Wildman–Crippen LogP) is 1.09. The lowest BCUT2D eigenvalue weighted by Gasteiger charge is -2.07. The molecule has 0 aliphatic rings. The first-order chi connectivity index (χ1) is 9.60. The van der Waals surface area contributed by atoms with Crippen molar-refractivity contribution in [2.45, 2.75) is 13.5 Å². The summed E-state index contributed by atoms with van der Waals surface area (Å²) in [5.41, 5.74) is 0.944. The Morgan fingerprint density at radius 1 is 1.35 bits per heavy atom.